The Bertz CT molecular complexity index is 833. The number of hydrogen-bond acceptors (Lipinski definition) is 3. The number of anilines is 3. The Morgan fingerprint density at radius 2 is 2.00 bits per heavy atom. The fraction of sp³-hybridized carbons (Fsp3) is 0.0625. The number of nitrogen functional groups attached to an aromatic ring is 1. The number of aryl methyl sites for hydroxylation is 1. The molecule has 0 aliphatic carbocycles. The third-order valence-electron chi connectivity index (χ3n) is 3.34. The first-order valence-corrected chi connectivity index (χ1v) is 7.59. The van der Waals surface area contributed by atoms with Crippen molar-refractivity contribution in [3.63, 3.8) is 0 Å². The maximum atomic E-state index is 6.22. The maximum absolute atomic E-state index is 6.22. The summed E-state index contributed by atoms with van der Waals surface area (Å²) in [5.41, 5.74) is 10.4. The molecule has 0 aliphatic heterocycles. The number of rotatable bonds is 2. The molecule has 3 aromatic rings. The molecule has 5 heteroatoms. The van der Waals surface area contributed by atoms with Crippen LogP contribution in [0.25, 0.3) is 10.9 Å². The summed E-state index contributed by atoms with van der Waals surface area (Å²) in [4.78, 5) is 4.42. The molecular weight excluding hydrogens is 350 g/mol. The van der Waals surface area contributed by atoms with Crippen LogP contribution >= 0.6 is 27.5 Å². The molecule has 21 heavy (non-hydrogen) atoms. The fourth-order valence-electron chi connectivity index (χ4n) is 2.18. The first kappa shape index (κ1) is 14.2. The third kappa shape index (κ3) is 2.69. The van der Waals surface area contributed by atoms with E-state index >= 15 is 0 Å². The molecule has 3 rings (SSSR count). The second-order valence-corrected chi connectivity index (χ2v) is 6.07. The lowest BCUT2D eigenvalue weighted by Crippen LogP contribution is -1.97. The normalized spacial score (nSPS) is 10.8. The van der Waals surface area contributed by atoms with Crippen LogP contribution < -0.4 is 11.1 Å². The summed E-state index contributed by atoms with van der Waals surface area (Å²) >= 11 is 9.74. The van der Waals surface area contributed by atoms with Gasteiger partial charge in [0, 0.05) is 21.7 Å². The summed E-state index contributed by atoms with van der Waals surface area (Å²) in [6, 6.07) is 11.5. The van der Waals surface area contributed by atoms with Crippen molar-refractivity contribution in [2.45, 2.75) is 6.92 Å². The predicted octanol–water partition coefficient (Wildman–Crippen LogP) is 5.28. The number of fused-ring (bicyclic) bond motifs is 1. The van der Waals surface area contributed by atoms with E-state index in [0.717, 1.165) is 38.0 Å². The third-order valence-corrected chi connectivity index (χ3v) is 4.33. The van der Waals surface area contributed by atoms with Crippen LogP contribution in [0.15, 0.2) is 47.1 Å². The van der Waals surface area contributed by atoms with Gasteiger partial charge in [0.15, 0.2) is 0 Å². The molecule has 0 atom stereocenters. The summed E-state index contributed by atoms with van der Waals surface area (Å²) in [6.07, 6.45) is 1.76. The summed E-state index contributed by atoms with van der Waals surface area (Å²) in [7, 11) is 0. The van der Waals surface area contributed by atoms with Gasteiger partial charge >= 0.3 is 0 Å². The number of nitrogens with one attached hydrogen (secondary N) is 1. The van der Waals surface area contributed by atoms with E-state index in [1.54, 1.807) is 6.20 Å². The number of nitrogens with two attached hydrogens (primary N) is 1. The van der Waals surface area contributed by atoms with Crippen molar-refractivity contribution in [3.8, 4) is 0 Å². The van der Waals surface area contributed by atoms with E-state index in [2.05, 4.69) is 26.2 Å². The zero-order valence-corrected chi connectivity index (χ0v) is 13.7. The monoisotopic (exact) mass is 361 g/mol. The van der Waals surface area contributed by atoms with Crippen LogP contribution in [-0.4, -0.2) is 4.98 Å². The number of halogens is 2. The van der Waals surface area contributed by atoms with E-state index in [-0.39, 0.29) is 0 Å². The van der Waals surface area contributed by atoms with Crippen molar-refractivity contribution in [2.75, 3.05) is 11.1 Å². The number of hydrogen-bond donors (Lipinski definition) is 2. The van der Waals surface area contributed by atoms with Gasteiger partial charge in [-0.2, -0.15) is 0 Å². The van der Waals surface area contributed by atoms with Crippen molar-refractivity contribution in [1.82, 2.24) is 4.98 Å². The Morgan fingerprint density at radius 3 is 2.81 bits per heavy atom. The van der Waals surface area contributed by atoms with Crippen molar-refractivity contribution >= 4 is 55.5 Å². The van der Waals surface area contributed by atoms with Gasteiger partial charge in [0.1, 0.15) is 0 Å². The molecule has 0 fully saturated rings. The van der Waals surface area contributed by atoms with E-state index in [9.17, 15) is 0 Å². The molecule has 0 spiro atoms. The first-order valence-electron chi connectivity index (χ1n) is 6.42. The zero-order chi connectivity index (χ0) is 15.0. The molecule has 0 radical (unpaired) electrons. The lowest BCUT2D eigenvalue weighted by molar-refractivity contribution is 1.39. The van der Waals surface area contributed by atoms with Gasteiger partial charge in [0.2, 0.25) is 0 Å². The number of aromatic nitrogens is 1. The highest BCUT2D eigenvalue weighted by Gasteiger charge is 2.09. The van der Waals surface area contributed by atoms with Crippen LogP contribution in [0.2, 0.25) is 5.02 Å². The van der Waals surface area contributed by atoms with Gasteiger partial charge in [-0.15, -0.1) is 0 Å². The standard InChI is InChI=1S/C16H13BrClN3/c1-9-7-15(11(17)8-13(9)19)21-14-5-4-12(18)10-3-2-6-20-16(10)14/h2-8,21H,19H2,1H3. The molecule has 0 saturated heterocycles. The highest BCUT2D eigenvalue weighted by atomic mass is 79.9. The predicted molar refractivity (Wildman–Crippen MR) is 93.3 cm³/mol. The van der Waals surface area contributed by atoms with E-state index in [1.165, 1.54) is 0 Å². The first-order chi connectivity index (χ1) is 10.1. The molecule has 1 aromatic heterocycles. The molecule has 3 nitrogen and oxygen atoms in total. The summed E-state index contributed by atoms with van der Waals surface area (Å²) in [6.45, 7) is 1.98. The Balaban J connectivity index is 2.11. The second kappa shape index (κ2) is 5.54. The molecule has 0 saturated carbocycles. The molecule has 0 bridgehead atoms. The van der Waals surface area contributed by atoms with Crippen LogP contribution in [-0.2, 0) is 0 Å². The summed E-state index contributed by atoms with van der Waals surface area (Å²) in [5.74, 6) is 0. The molecule has 0 amide bonds. The van der Waals surface area contributed by atoms with Gasteiger partial charge in [-0.25, -0.2) is 0 Å². The largest absolute Gasteiger partial charge is 0.398 e. The summed E-state index contributed by atoms with van der Waals surface area (Å²) in [5, 5.41) is 5.00. The molecule has 2 aromatic carbocycles. The second-order valence-electron chi connectivity index (χ2n) is 4.81. The Labute approximate surface area is 136 Å². The lowest BCUT2D eigenvalue weighted by atomic mass is 10.1. The molecule has 0 aliphatic rings. The molecule has 3 N–H and O–H groups in total. The molecule has 1 heterocycles. The van der Waals surface area contributed by atoms with Gasteiger partial charge < -0.3 is 11.1 Å². The number of nitrogens with zero attached hydrogens (tertiary/aromatic N) is 1. The highest BCUT2D eigenvalue weighted by molar-refractivity contribution is 9.10. The van der Waals surface area contributed by atoms with Crippen molar-refractivity contribution in [1.29, 1.82) is 0 Å². The Morgan fingerprint density at radius 1 is 1.19 bits per heavy atom. The SMILES string of the molecule is Cc1cc(Nc2ccc(Cl)c3cccnc23)c(Br)cc1N. The van der Waals surface area contributed by atoms with Gasteiger partial charge in [-0.3, -0.25) is 4.98 Å². The molecule has 0 unspecified atom stereocenters. The van der Waals surface area contributed by atoms with Crippen molar-refractivity contribution in [3.05, 3.63) is 57.7 Å². The number of pyridine rings is 1. The van der Waals surface area contributed by atoms with Crippen LogP contribution in [0.3, 0.4) is 0 Å². The van der Waals surface area contributed by atoms with E-state index in [4.69, 9.17) is 17.3 Å². The van der Waals surface area contributed by atoms with Gasteiger partial charge in [-0.1, -0.05) is 11.6 Å². The minimum atomic E-state index is 0.691. The molecule has 106 valence electrons. The zero-order valence-electron chi connectivity index (χ0n) is 11.3. The van der Waals surface area contributed by atoms with Gasteiger partial charge in [-0.05, 0) is 64.8 Å². The Kier molecular flexibility index (Phi) is 3.74. The van der Waals surface area contributed by atoms with Crippen LogP contribution in [0.1, 0.15) is 5.56 Å². The van der Waals surface area contributed by atoms with E-state index in [1.807, 2.05) is 43.3 Å². The van der Waals surface area contributed by atoms with Gasteiger partial charge in [0.25, 0.3) is 0 Å². The fourth-order valence-corrected chi connectivity index (χ4v) is 2.85. The van der Waals surface area contributed by atoms with E-state index in [0.29, 0.717) is 5.02 Å². The van der Waals surface area contributed by atoms with Gasteiger partial charge in [0.05, 0.1) is 21.9 Å². The quantitative estimate of drug-likeness (QED) is 0.609. The lowest BCUT2D eigenvalue weighted by Gasteiger charge is -2.13. The van der Waals surface area contributed by atoms with Crippen LogP contribution in [0.5, 0.6) is 0 Å². The van der Waals surface area contributed by atoms with Crippen molar-refractivity contribution in [2.24, 2.45) is 0 Å². The topological polar surface area (TPSA) is 50.9 Å². The van der Waals surface area contributed by atoms with Crippen LogP contribution in [0.4, 0.5) is 17.1 Å². The van der Waals surface area contributed by atoms with Crippen molar-refractivity contribution < 1.29 is 0 Å². The molecular formula is C16H13BrClN3. The summed E-state index contributed by atoms with van der Waals surface area (Å²) < 4.78 is 0.907. The average molecular weight is 363 g/mol. The Hall–Kier alpha value is -1.78. The smallest absolute Gasteiger partial charge is 0.0951 e. The van der Waals surface area contributed by atoms with Crippen LogP contribution in [0, 0.1) is 6.92 Å². The highest BCUT2D eigenvalue weighted by Crippen LogP contribution is 2.34. The van der Waals surface area contributed by atoms with E-state index < -0.39 is 0 Å². The average Bonchev–Trinajstić information content (AvgIpc) is 2.48. The number of benzene rings is 2. The minimum Gasteiger partial charge on any atom is -0.398 e. The maximum Gasteiger partial charge on any atom is 0.0951 e. The minimum absolute atomic E-state index is 0.691.